The number of methoxy groups -OCH3 is 1. The third kappa shape index (κ3) is 4.41. The van der Waals surface area contributed by atoms with Crippen LogP contribution in [-0.4, -0.2) is 36.8 Å². The molecular formula is C27H24N2O4. The first-order valence-electron chi connectivity index (χ1n) is 10.8. The second kappa shape index (κ2) is 9.12. The molecule has 0 amide bonds. The summed E-state index contributed by atoms with van der Waals surface area (Å²) >= 11 is 0. The van der Waals surface area contributed by atoms with E-state index in [-0.39, 0.29) is 12.1 Å². The molecule has 4 aromatic rings. The number of carbonyl (C=O) groups excluding carboxylic acids is 1. The smallest absolute Gasteiger partial charge is 0.340 e. The Kier molecular flexibility index (Phi) is 5.72. The number of para-hydroxylation sites is 2. The van der Waals surface area contributed by atoms with E-state index in [0.717, 1.165) is 28.6 Å². The van der Waals surface area contributed by atoms with Gasteiger partial charge in [0.1, 0.15) is 23.4 Å². The van der Waals surface area contributed by atoms with Gasteiger partial charge in [0.2, 0.25) is 0 Å². The number of esters is 1. The molecule has 3 aromatic carbocycles. The molecule has 1 aliphatic rings. The summed E-state index contributed by atoms with van der Waals surface area (Å²) in [6.07, 6.45) is 3.89. The fraction of sp³-hybridized carbons (Fsp3) is 0.148. The summed E-state index contributed by atoms with van der Waals surface area (Å²) in [4.78, 5) is 14.6. The van der Waals surface area contributed by atoms with Gasteiger partial charge in [0.25, 0.3) is 0 Å². The molecule has 0 aliphatic carbocycles. The number of benzene rings is 3. The molecule has 0 unspecified atom stereocenters. The maximum absolute atomic E-state index is 12.4. The SMILES string of the molecule is COC(=O)c1cccc(N2CC(Oc3cccc(Oc4ccccc4)c3)C2)c1-n1cccc1. The second-order valence-corrected chi connectivity index (χ2v) is 7.79. The maximum Gasteiger partial charge on any atom is 0.340 e. The largest absolute Gasteiger partial charge is 0.487 e. The molecule has 6 nitrogen and oxygen atoms in total. The molecule has 0 bridgehead atoms. The zero-order valence-corrected chi connectivity index (χ0v) is 18.3. The van der Waals surface area contributed by atoms with Crippen LogP contribution in [-0.2, 0) is 4.74 Å². The highest BCUT2D eigenvalue weighted by atomic mass is 16.5. The average molecular weight is 440 g/mol. The number of hydrogen-bond donors (Lipinski definition) is 0. The second-order valence-electron chi connectivity index (χ2n) is 7.79. The van der Waals surface area contributed by atoms with E-state index in [1.807, 2.05) is 95.8 Å². The normalized spacial score (nSPS) is 13.3. The van der Waals surface area contributed by atoms with E-state index in [1.54, 1.807) is 6.07 Å². The number of anilines is 1. The van der Waals surface area contributed by atoms with Gasteiger partial charge in [-0.1, -0.05) is 30.3 Å². The summed E-state index contributed by atoms with van der Waals surface area (Å²) in [5, 5.41) is 0. The molecular weight excluding hydrogens is 416 g/mol. The van der Waals surface area contributed by atoms with Crippen LogP contribution in [0.2, 0.25) is 0 Å². The fourth-order valence-electron chi connectivity index (χ4n) is 3.95. The van der Waals surface area contributed by atoms with Gasteiger partial charge < -0.3 is 23.7 Å². The van der Waals surface area contributed by atoms with Crippen molar-refractivity contribution in [2.75, 3.05) is 25.1 Å². The fourth-order valence-corrected chi connectivity index (χ4v) is 3.95. The van der Waals surface area contributed by atoms with Gasteiger partial charge in [-0.05, 0) is 48.5 Å². The molecule has 0 atom stereocenters. The molecule has 166 valence electrons. The molecule has 1 aromatic heterocycles. The van der Waals surface area contributed by atoms with E-state index in [2.05, 4.69) is 4.90 Å². The molecule has 1 aliphatic heterocycles. The molecule has 2 heterocycles. The van der Waals surface area contributed by atoms with Crippen LogP contribution < -0.4 is 14.4 Å². The van der Waals surface area contributed by atoms with E-state index >= 15 is 0 Å². The van der Waals surface area contributed by atoms with E-state index < -0.39 is 0 Å². The first-order chi connectivity index (χ1) is 16.2. The molecule has 6 heteroatoms. The number of hydrogen-bond acceptors (Lipinski definition) is 5. The Bertz CT molecular complexity index is 1230. The van der Waals surface area contributed by atoms with Crippen LogP contribution in [0.15, 0.2) is 97.3 Å². The Hall–Kier alpha value is -4.19. The van der Waals surface area contributed by atoms with Gasteiger partial charge >= 0.3 is 5.97 Å². The highest BCUT2D eigenvalue weighted by molar-refractivity contribution is 5.96. The molecule has 0 saturated carbocycles. The lowest BCUT2D eigenvalue weighted by atomic mass is 10.1. The first-order valence-corrected chi connectivity index (χ1v) is 10.8. The summed E-state index contributed by atoms with van der Waals surface area (Å²) in [5.41, 5.74) is 2.31. The summed E-state index contributed by atoms with van der Waals surface area (Å²) in [7, 11) is 1.40. The highest BCUT2D eigenvalue weighted by Gasteiger charge is 2.32. The number of aromatic nitrogens is 1. The summed E-state index contributed by atoms with van der Waals surface area (Å²) in [6.45, 7) is 1.42. The predicted molar refractivity (Wildman–Crippen MR) is 127 cm³/mol. The molecule has 33 heavy (non-hydrogen) atoms. The molecule has 5 rings (SSSR count). The van der Waals surface area contributed by atoms with Gasteiger partial charge in [-0.25, -0.2) is 4.79 Å². The van der Waals surface area contributed by atoms with Gasteiger partial charge in [0, 0.05) is 18.5 Å². The van der Waals surface area contributed by atoms with Crippen LogP contribution in [0.25, 0.3) is 5.69 Å². The van der Waals surface area contributed by atoms with Crippen LogP contribution in [0.4, 0.5) is 5.69 Å². The zero-order chi connectivity index (χ0) is 22.6. The standard InChI is InChI=1S/C27H24N2O4/c1-31-27(30)24-13-8-14-25(26(24)28-15-5-6-16-28)29-18-23(19-29)33-22-12-7-11-21(17-22)32-20-9-3-2-4-10-20/h2-17,23H,18-19H2,1H3. The minimum Gasteiger partial charge on any atom is -0.487 e. The average Bonchev–Trinajstić information content (AvgIpc) is 3.36. The van der Waals surface area contributed by atoms with Crippen molar-refractivity contribution in [3.8, 4) is 22.9 Å². The zero-order valence-electron chi connectivity index (χ0n) is 18.3. The molecule has 0 spiro atoms. The van der Waals surface area contributed by atoms with Gasteiger partial charge in [0.05, 0.1) is 37.1 Å². The molecule has 1 fully saturated rings. The summed E-state index contributed by atoms with van der Waals surface area (Å²) in [5.74, 6) is 1.93. The van der Waals surface area contributed by atoms with E-state index in [0.29, 0.717) is 18.7 Å². The van der Waals surface area contributed by atoms with Crippen molar-refractivity contribution in [1.29, 1.82) is 0 Å². The number of carbonyl (C=O) groups is 1. The number of nitrogens with zero attached hydrogens (tertiary/aromatic N) is 2. The van der Waals surface area contributed by atoms with Crippen molar-refractivity contribution in [1.82, 2.24) is 4.57 Å². The Morgan fingerprint density at radius 2 is 1.52 bits per heavy atom. The molecule has 0 radical (unpaired) electrons. The van der Waals surface area contributed by atoms with Gasteiger partial charge in [-0.2, -0.15) is 0 Å². The number of ether oxygens (including phenoxy) is 3. The lowest BCUT2D eigenvalue weighted by molar-refractivity contribution is 0.0600. The van der Waals surface area contributed by atoms with Crippen LogP contribution in [0.3, 0.4) is 0 Å². The van der Waals surface area contributed by atoms with Gasteiger partial charge in [-0.3, -0.25) is 0 Å². The molecule has 1 saturated heterocycles. The Morgan fingerprint density at radius 3 is 2.27 bits per heavy atom. The van der Waals surface area contributed by atoms with Crippen LogP contribution in [0, 0.1) is 0 Å². The Balaban J connectivity index is 1.30. The maximum atomic E-state index is 12.4. The van der Waals surface area contributed by atoms with Crippen LogP contribution >= 0.6 is 0 Å². The lowest BCUT2D eigenvalue weighted by Gasteiger charge is -2.41. The lowest BCUT2D eigenvalue weighted by Crippen LogP contribution is -2.54. The van der Waals surface area contributed by atoms with Gasteiger partial charge in [-0.15, -0.1) is 0 Å². The number of rotatable bonds is 7. The van der Waals surface area contributed by atoms with Gasteiger partial charge in [0.15, 0.2) is 0 Å². The third-order valence-electron chi connectivity index (χ3n) is 5.56. The van der Waals surface area contributed by atoms with E-state index in [1.165, 1.54) is 7.11 Å². The summed E-state index contributed by atoms with van der Waals surface area (Å²) in [6, 6.07) is 26.9. The quantitative estimate of drug-likeness (QED) is 0.364. The topological polar surface area (TPSA) is 52.9 Å². The van der Waals surface area contributed by atoms with Crippen molar-refractivity contribution in [2.45, 2.75) is 6.10 Å². The van der Waals surface area contributed by atoms with Crippen molar-refractivity contribution >= 4 is 11.7 Å². The Morgan fingerprint density at radius 1 is 0.818 bits per heavy atom. The predicted octanol–water partition coefficient (Wildman–Crippen LogP) is 5.32. The monoisotopic (exact) mass is 440 g/mol. The minimum absolute atomic E-state index is 0.0382. The summed E-state index contributed by atoms with van der Waals surface area (Å²) < 4.78 is 19.1. The van der Waals surface area contributed by atoms with Crippen LogP contribution in [0.5, 0.6) is 17.2 Å². The Labute approximate surface area is 192 Å². The van der Waals surface area contributed by atoms with Crippen molar-refractivity contribution in [3.63, 3.8) is 0 Å². The van der Waals surface area contributed by atoms with Crippen molar-refractivity contribution in [2.24, 2.45) is 0 Å². The minimum atomic E-state index is -0.357. The van der Waals surface area contributed by atoms with Crippen molar-refractivity contribution in [3.05, 3.63) is 103 Å². The highest BCUT2D eigenvalue weighted by Crippen LogP contribution is 2.33. The first kappa shape index (κ1) is 20.7. The van der Waals surface area contributed by atoms with E-state index in [4.69, 9.17) is 14.2 Å². The van der Waals surface area contributed by atoms with Crippen LogP contribution in [0.1, 0.15) is 10.4 Å². The van der Waals surface area contributed by atoms with Crippen molar-refractivity contribution < 1.29 is 19.0 Å². The van der Waals surface area contributed by atoms with E-state index in [9.17, 15) is 4.79 Å². The third-order valence-corrected chi connectivity index (χ3v) is 5.56. The molecule has 0 N–H and O–H groups in total.